The fraction of sp³-hybridized carbons (Fsp3) is 0.0714. The Morgan fingerprint density at radius 1 is 1.06 bits per heavy atom. The molecule has 2 nitrogen and oxygen atoms in total. The van der Waals surface area contributed by atoms with Crippen molar-refractivity contribution in [3.05, 3.63) is 66.1 Å². The molecule has 0 spiro atoms. The van der Waals surface area contributed by atoms with E-state index >= 15 is 0 Å². The maximum Gasteiger partial charge on any atom is 0.214 e. The third kappa shape index (κ3) is 3.72. The Labute approximate surface area is 99.8 Å². The molecular formula is C14H13FN2. The number of nitrogens with zero attached hydrogens (tertiary/aromatic N) is 1. The molecule has 3 heteroatoms. The van der Waals surface area contributed by atoms with Gasteiger partial charge in [-0.1, -0.05) is 48.6 Å². The molecule has 0 radical (unpaired) electrons. The van der Waals surface area contributed by atoms with Crippen molar-refractivity contribution in [3.8, 4) is 0 Å². The Bertz CT molecular complexity index is 495. The fourth-order valence-electron chi connectivity index (χ4n) is 1.43. The van der Waals surface area contributed by atoms with Crippen LogP contribution in [0, 0.1) is 5.95 Å². The normalized spacial score (nSPS) is 10.6. The van der Waals surface area contributed by atoms with Gasteiger partial charge in [0.2, 0.25) is 5.95 Å². The van der Waals surface area contributed by atoms with Gasteiger partial charge in [-0.05, 0) is 17.7 Å². The lowest BCUT2D eigenvalue weighted by Crippen LogP contribution is -2.00. The summed E-state index contributed by atoms with van der Waals surface area (Å²) in [5.74, 6) is 0.0738. The van der Waals surface area contributed by atoms with Gasteiger partial charge in [0.1, 0.15) is 5.82 Å². The van der Waals surface area contributed by atoms with E-state index in [0.717, 1.165) is 5.56 Å². The average Bonchev–Trinajstić information content (AvgIpc) is 2.36. The Hall–Kier alpha value is -2.16. The topological polar surface area (TPSA) is 24.9 Å². The highest BCUT2D eigenvalue weighted by Gasteiger charge is 1.93. The molecule has 0 amide bonds. The average molecular weight is 228 g/mol. The molecule has 0 bridgehead atoms. The van der Waals surface area contributed by atoms with Crippen LogP contribution < -0.4 is 5.32 Å². The molecule has 2 rings (SSSR count). The Morgan fingerprint density at radius 2 is 1.88 bits per heavy atom. The second kappa shape index (κ2) is 5.80. The predicted octanol–water partition coefficient (Wildman–Crippen LogP) is 3.35. The lowest BCUT2D eigenvalue weighted by atomic mass is 10.2. The maximum absolute atomic E-state index is 12.8. The van der Waals surface area contributed by atoms with Crippen LogP contribution in [0.1, 0.15) is 5.56 Å². The summed E-state index contributed by atoms with van der Waals surface area (Å²) in [4.78, 5) is 3.71. The molecule has 0 saturated carbocycles. The van der Waals surface area contributed by atoms with Gasteiger partial charge in [-0.2, -0.15) is 4.39 Å². The van der Waals surface area contributed by atoms with Crippen LogP contribution in [0.4, 0.5) is 10.2 Å². The van der Waals surface area contributed by atoms with Gasteiger partial charge in [0, 0.05) is 6.54 Å². The van der Waals surface area contributed by atoms with E-state index in [-0.39, 0.29) is 0 Å². The van der Waals surface area contributed by atoms with Gasteiger partial charge >= 0.3 is 0 Å². The van der Waals surface area contributed by atoms with E-state index in [2.05, 4.69) is 10.3 Å². The molecule has 1 aromatic carbocycles. The number of benzene rings is 1. The first-order chi connectivity index (χ1) is 8.34. The SMILES string of the molecule is Fc1cccc(NC/C=C/c2ccccc2)n1. The molecule has 0 saturated heterocycles. The zero-order valence-corrected chi connectivity index (χ0v) is 9.31. The van der Waals surface area contributed by atoms with E-state index in [1.807, 2.05) is 42.5 Å². The van der Waals surface area contributed by atoms with Crippen molar-refractivity contribution in [1.29, 1.82) is 0 Å². The second-order valence-corrected chi connectivity index (χ2v) is 3.54. The number of hydrogen-bond acceptors (Lipinski definition) is 2. The molecule has 86 valence electrons. The van der Waals surface area contributed by atoms with E-state index in [4.69, 9.17) is 0 Å². The van der Waals surface area contributed by atoms with Crippen molar-refractivity contribution in [2.24, 2.45) is 0 Å². The van der Waals surface area contributed by atoms with Crippen LogP contribution >= 0.6 is 0 Å². The van der Waals surface area contributed by atoms with Gasteiger partial charge in [-0.3, -0.25) is 0 Å². The molecule has 0 aliphatic rings. The van der Waals surface area contributed by atoms with E-state index in [0.29, 0.717) is 12.4 Å². The fourth-order valence-corrected chi connectivity index (χ4v) is 1.43. The molecular weight excluding hydrogens is 215 g/mol. The van der Waals surface area contributed by atoms with Gasteiger partial charge in [-0.25, -0.2) is 4.98 Å². The Morgan fingerprint density at radius 3 is 2.65 bits per heavy atom. The first kappa shape index (κ1) is 11.3. The van der Waals surface area contributed by atoms with Crippen molar-refractivity contribution in [1.82, 2.24) is 4.98 Å². The van der Waals surface area contributed by atoms with Crippen molar-refractivity contribution < 1.29 is 4.39 Å². The Balaban J connectivity index is 1.86. The highest BCUT2D eigenvalue weighted by atomic mass is 19.1. The minimum atomic E-state index is -0.470. The molecule has 2 aromatic rings. The monoisotopic (exact) mass is 228 g/mol. The quantitative estimate of drug-likeness (QED) is 0.812. The lowest BCUT2D eigenvalue weighted by Gasteiger charge is -2.01. The lowest BCUT2D eigenvalue weighted by molar-refractivity contribution is 0.585. The first-order valence-electron chi connectivity index (χ1n) is 5.42. The summed E-state index contributed by atoms with van der Waals surface area (Å²) in [6, 6.07) is 14.7. The number of rotatable bonds is 4. The number of nitrogens with one attached hydrogen (secondary N) is 1. The highest BCUT2D eigenvalue weighted by molar-refractivity contribution is 5.49. The van der Waals surface area contributed by atoms with E-state index in [9.17, 15) is 4.39 Å². The van der Waals surface area contributed by atoms with Gasteiger partial charge in [0.05, 0.1) is 0 Å². The number of halogens is 1. The van der Waals surface area contributed by atoms with Crippen LogP contribution in [0.3, 0.4) is 0 Å². The standard InChI is InChI=1S/C14H13FN2/c15-13-9-4-10-14(17-13)16-11-5-8-12-6-2-1-3-7-12/h1-10H,11H2,(H,16,17)/b8-5+. The molecule has 1 aromatic heterocycles. The minimum Gasteiger partial charge on any atom is -0.366 e. The van der Waals surface area contributed by atoms with Crippen LogP contribution in [0.15, 0.2) is 54.6 Å². The number of hydrogen-bond donors (Lipinski definition) is 1. The van der Waals surface area contributed by atoms with Gasteiger partial charge in [-0.15, -0.1) is 0 Å². The van der Waals surface area contributed by atoms with E-state index in [1.165, 1.54) is 6.07 Å². The summed E-state index contributed by atoms with van der Waals surface area (Å²) in [5.41, 5.74) is 1.14. The molecule has 0 aliphatic heterocycles. The minimum absolute atomic E-state index is 0.470. The molecule has 17 heavy (non-hydrogen) atoms. The zero-order chi connectivity index (χ0) is 11.9. The van der Waals surface area contributed by atoms with Crippen molar-refractivity contribution in [2.45, 2.75) is 0 Å². The molecule has 0 fully saturated rings. The number of anilines is 1. The molecule has 0 aliphatic carbocycles. The third-order valence-electron chi connectivity index (χ3n) is 2.23. The van der Waals surface area contributed by atoms with Crippen LogP contribution in [-0.4, -0.2) is 11.5 Å². The molecule has 1 N–H and O–H groups in total. The van der Waals surface area contributed by atoms with Crippen LogP contribution in [-0.2, 0) is 0 Å². The molecule has 0 unspecified atom stereocenters. The second-order valence-electron chi connectivity index (χ2n) is 3.54. The summed E-state index contributed by atoms with van der Waals surface area (Å²) in [6.07, 6.45) is 3.98. The number of aromatic nitrogens is 1. The largest absolute Gasteiger partial charge is 0.366 e. The Kier molecular flexibility index (Phi) is 3.86. The van der Waals surface area contributed by atoms with Crippen molar-refractivity contribution in [2.75, 3.05) is 11.9 Å². The van der Waals surface area contributed by atoms with Crippen LogP contribution in [0.25, 0.3) is 6.08 Å². The summed E-state index contributed by atoms with van der Waals surface area (Å²) in [5, 5.41) is 3.02. The summed E-state index contributed by atoms with van der Waals surface area (Å²) in [7, 11) is 0. The van der Waals surface area contributed by atoms with Crippen molar-refractivity contribution >= 4 is 11.9 Å². The summed E-state index contributed by atoms with van der Waals surface area (Å²) < 4.78 is 12.8. The van der Waals surface area contributed by atoms with Gasteiger partial charge in [0.25, 0.3) is 0 Å². The maximum atomic E-state index is 12.8. The van der Waals surface area contributed by atoms with Gasteiger partial charge < -0.3 is 5.32 Å². The predicted molar refractivity (Wildman–Crippen MR) is 68.2 cm³/mol. The summed E-state index contributed by atoms with van der Waals surface area (Å²) in [6.45, 7) is 0.616. The number of pyridine rings is 1. The smallest absolute Gasteiger partial charge is 0.214 e. The van der Waals surface area contributed by atoms with Crippen LogP contribution in [0.5, 0.6) is 0 Å². The highest BCUT2D eigenvalue weighted by Crippen LogP contribution is 2.04. The van der Waals surface area contributed by atoms with E-state index < -0.39 is 5.95 Å². The van der Waals surface area contributed by atoms with Gasteiger partial charge in [0.15, 0.2) is 0 Å². The van der Waals surface area contributed by atoms with Crippen molar-refractivity contribution in [3.63, 3.8) is 0 Å². The third-order valence-corrected chi connectivity index (χ3v) is 2.23. The zero-order valence-electron chi connectivity index (χ0n) is 9.31. The van der Waals surface area contributed by atoms with Crippen LogP contribution in [0.2, 0.25) is 0 Å². The first-order valence-corrected chi connectivity index (χ1v) is 5.42. The van der Waals surface area contributed by atoms with E-state index in [1.54, 1.807) is 12.1 Å². The molecule has 0 atom stereocenters. The molecule has 1 heterocycles. The summed E-state index contributed by atoms with van der Waals surface area (Å²) >= 11 is 0.